The summed E-state index contributed by atoms with van der Waals surface area (Å²) in [7, 11) is -3.38. The maximum Gasteiger partial charge on any atom is 0.326 e. The third-order valence-electron chi connectivity index (χ3n) is 4.16. The van der Waals surface area contributed by atoms with Crippen molar-refractivity contribution in [1.29, 1.82) is 0 Å². The number of amides is 3. The Hall–Kier alpha value is -2.75. The third-order valence-corrected chi connectivity index (χ3v) is 5.13. The van der Waals surface area contributed by atoms with E-state index in [2.05, 4.69) is 5.32 Å². The van der Waals surface area contributed by atoms with Crippen molar-refractivity contribution in [3.63, 3.8) is 0 Å². The van der Waals surface area contributed by atoms with Crippen LogP contribution in [0.25, 0.3) is 0 Å². The summed E-state index contributed by atoms with van der Waals surface area (Å²) in [6.45, 7) is 1.51. The van der Waals surface area contributed by atoms with Crippen molar-refractivity contribution < 1.29 is 32.7 Å². The first kappa shape index (κ1) is 20.6. The van der Waals surface area contributed by atoms with Crippen LogP contribution in [0.1, 0.15) is 40.5 Å². The minimum Gasteiger partial charge on any atom is -0.480 e. The van der Waals surface area contributed by atoms with Gasteiger partial charge >= 0.3 is 5.97 Å². The first-order valence-corrected chi connectivity index (χ1v) is 10.2. The molecule has 0 saturated carbocycles. The van der Waals surface area contributed by atoms with Gasteiger partial charge in [-0.05, 0) is 25.5 Å². The number of carboxylic acid groups (broad SMARTS) is 1. The van der Waals surface area contributed by atoms with E-state index in [1.165, 1.54) is 19.1 Å². The molecule has 0 radical (unpaired) electrons. The van der Waals surface area contributed by atoms with Gasteiger partial charge in [0.1, 0.15) is 15.9 Å². The van der Waals surface area contributed by atoms with E-state index in [0.29, 0.717) is 0 Å². The van der Waals surface area contributed by atoms with Crippen LogP contribution in [0.5, 0.6) is 0 Å². The Kier molecular flexibility index (Phi) is 5.99. The molecule has 146 valence electrons. The molecule has 10 heteroatoms. The smallest absolute Gasteiger partial charge is 0.326 e. The molecule has 0 saturated heterocycles. The second-order valence-electron chi connectivity index (χ2n) is 6.46. The molecule has 2 unspecified atom stereocenters. The number of benzene rings is 1. The molecular weight excluding hydrogens is 376 g/mol. The number of fused-ring (bicyclic) bond motifs is 1. The fourth-order valence-electron chi connectivity index (χ4n) is 2.81. The lowest BCUT2D eigenvalue weighted by molar-refractivity contribution is -0.142. The summed E-state index contributed by atoms with van der Waals surface area (Å²) in [6.07, 6.45) is 0.396. The highest BCUT2D eigenvalue weighted by Gasteiger charge is 2.38. The number of carboxylic acids is 1. The van der Waals surface area contributed by atoms with Gasteiger partial charge in [-0.2, -0.15) is 0 Å². The van der Waals surface area contributed by atoms with Crippen LogP contribution in [0.3, 0.4) is 0 Å². The second-order valence-corrected chi connectivity index (χ2v) is 8.72. The fraction of sp³-hybridized carbons (Fsp3) is 0.412. The molecule has 0 aliphatic carbocycles. The normalized spacial score (nSPS) is 16.0. The van der Waals surface area contributed by atoms with Crippen molar-refractivity contribution in [2.24, 2.45) is 0 Å². The average molecular weight is 396 g/mol. The van der Waals surface area contributed by atoms with Gasteiger partial charge in [-0.25, -0.2) is 13.2 Å². The Bertz CT molecular complexity index is 859. The Balaban J connectivity index is 2.02. The number of nitrogens with one attached hydrogen (secondary N) is 1. The number of imide groups is 1. The second kappa shape index (κ2) is 7.87. The zero-order valence-corrected chi connectivity index (χ0v) is 15.7. The molecule has 27 heavy (non-hydrogen) atoms. The van der Waals surface area contributed by atoms with Crippen LogP contribution in [0.2, 0.25) is 0 Å². The van der Waals surface area contributed by atoms with E-state index in [1.54, 1.807) is 12.1 Å². The van der Waals surface area contributed by atoms with Gasteiger partial charge in [0.15, 0.2) is 0 Å². The van der Waals surface area contributed by atoms with Crippen LogP contribution >= 0.6 is 0 Å². The molecule has 1 heterocycles. The molecule has 1 aliphatic rings. The zero-order chi connectivity index (χ0) is 20.4. The molecule has 1 aliphatic heterocycles. The van der Waals surface area contributed by atoms with E-state index < -0.39 is 51.4 Å². The average Bonchev–Trinajstić information content (AvgIpc) is 2.82. The number of sulfone groups is 1. The third kappa shape index (κ3) is 4.91. The number of hydrogen-bond donors (Lipinski definition) is 2. The van der Waals surface area contributed by atoms with E-state index in [0.717, 1.165) is 11.2 Å². The summed E-state index contributed by atoms with van der Waals surface area (Å²) in [5.74, 6) is -3.47. The highest BCUT2D eigenvalue weighted by atomic mass is 32.2. The summed E-state index contributed by atoms with van der Waals surface area (Å²) in [5.41, 5.74) is 0.512. The SMILES string of the molecule is CC(CC(=O)NC(CCS(C)(=O)=O)C(=O)O)N1C(=O)c2ccccc2C1=O. The van der Waals surface area contributed by atoms with Crippen molar-refractivity contribution in [2.45, 2.75) is 31.8 Å². The predicted octanol–water partition coefficient (Wildman–Crippen LogP) is 0.0653. The molecule has 1 aromatic rings. The van der Waals surface area contributed by atoms with Gasteiger partial charge in [-0.3, -0.25) is 19.3 Å². The zero-order valence-electron chi connectivity index (χ0n) is 14.8. The van der Waals surface area contributed by atoms with Crippen LogP contribution in [-0.4, -0.2) is 66.2 Å². The number of carbonyl (C=O) groups is 4. The molecule has 2 atom stereocenters. The van der Waals surface area contributed by atoms with E-state index in [4.69, 9.17) is 5.11 Å². The first-order chi connectivity index (χ1) is 12.5. The predicted molar refractivity (Wildman–Crippen MR) is 94.9 cm³/mol. The molecule has 2 rings (SSSR count). The first-order valence-electron chi connectivity index (χ1n) is 8.18. The topological polar surface area (TPSA) is 138 Å². The minimum absolute atomic E-state index is 0.256. The van der Waals surface area contributed by atoms with Crippen molar-refractivity contribution in [1.82, 2.24) is 10.2 Å². The van der Waals surface area contributed by atoms with E-state index >= 15 is 0 Å². The number of nitrogens with zero attached hydrogens (tertiary/aromatic N) is 1. The van der Waals surface area contributed by atoms with Crippen LogP contribution in [0.4, 0.5) is 0 Å². The summed E-state index contributed by atoms with van der Waals surface area (Å²) in [6, 6.07) is 4.14. The van der Waals surface area contributed by atoms with E-state index in [-0.39, 0.29) is 24.0 Å². The maximum atomic E-state index is 12.4. The van der Waals surface area contributed by atoms with Crippen LogP contribution in [0.15, 0.2) is 24.3 Å². The highest BCUT2D eigenvalue weighted by molar-refractivity contribution is 7.90. The molecule has 3 amide bonds. The van der Waals surface area contributed by atoms with E-state index in [1.807, 2.05) is 0 Å². The molecule has 0 aromatic heterocycles. The van der Waals surface area contributed by atoms with Gasteiger partial charge < -0.3 is 10.4 Å². The molecule has 0 bridgehead atoms. The molecule has 0 fully saturated rings. The number of rotatable bonds is 8. The molecule has 2 N–H and O–H groups in total. The van der Waals surface area contributed by atoms with Crippen LogP contribution in [-0.2, 0) is 19.4 Å². The lowest BCUT2D eigenvalue weighted by Gasteiger charge is -2.23. The fourth-order valence-corrected chi connectivity index (χ4v) is 3.47. The highest BCUT2D eigenvalue weighted by Crippen LogP contribution is 2.25. The maximum absolute atomic E-state index is 12.4. The quantitative estimate of drug-likeness (QED) is 0.593. The Morgan fingerprint density at radius 3 is 2.11 bits per heavy atom. The molecular formula is C17H20N2O7S. The van der Waals surface area contributed by atoms with Crippen LogP contribution in [0, 0.1) is 0 Å². The van der Waals surface area contributed by atoms with Crippen molar-refractivity contribution >= 4 is 33.5 Å². The van der Waals surface area contributed by atoms with Gasteiger partial charge in [-0.1, -0.05) is 12.1 Å². The Morgan fingerprint density at radius 1 is 1.15 bits per heavy atom. The Labute approximate surface area is 156 Å². The van der Waals surface area contributed by atoms with Crippen molar-refractivity contribution in [2.75, 3.05) is 12.0 Å². The largest absolute Gasteiger partial charge is 0.480 e. The lowest BCUT2D eigenvalue weighted by Crippen LogP contribution is -2.46. The monoisotopic (exact) mass is 396 g/mol. The molecule has 0 spiro atoms. The lowest BCUT2D eigenvalue weighted by atomic mass is 10.1. The standard InChI is InChI=1S/C17H20N2O7S/c1-10(19-15(21)11-5-3-4-6-12(11)16(19)22)9-14(20)18-13(17(23)24)7-8-27(2,25)26/h3-6,10,13H,7-9H2,1-2H3,(H,18,20)(H,23,24). The number of carbonyl (C=O) groups excluding carboxylic acids is 3. The number of hydrogen-bond acceptors (Lipinski definition) is 6. The Morgan fingerprint density at radius 2 is 1.67 bits per heavy atom. The van der Waals surface area contributed by atoms with Gasteiger partial charge in [-0.15, -0.1) is 0 Å². The van der Waals surface area contributed by atoms with Crippen molar-refractivity contribution in [3.05, 3.63) is 35.4 Å². The van der Waals surface area contributed by atoms with Crippen molar-refractivity contribution in [3.8, 4) is 0 Å². The summed E-state index contributed by atoms with van der Waals surface area (Å²) >= 11 is 0. The van der Waals surface area contributed by atoms with Gasteiger partial charge in [0, 0.05) is 18.7 Å². The molecule has 1 aromatic carbocycles. The van der Waals surface area contributed by atoms with Gasteiger partial charge in [0.2, 0.25) is 5.91 Å². The summed E-state index contributed by atoms with van der Waals surface area (Å²) < 4.78 is 22.4. The minimum atomic E-state index is -3.38. The van der Waals surface area contributed by atoms with Gasteiger partial charge in [0.05, 0.1) is 16.9 Å². The summed E-state index contributed by atoms with van der Waals surface area (Å²) in [4.78, 5) is 49.1. The number of aliphatic carboxylic acids is 1. The van der Waals surface area contributed by atoms with E-state index in [9.17, 15) is 27.6 Å². The summed E-state index contributed by atoms with van der Waals surface area (Å²) in [5, 5.41) is 11.4. The van der Waals surface area contributed by atoms with Crippen LogP contribution < -0.4 is 5.32 Å². The van der Waals surface area contributed by atoms with Gasteiger partial charge in [0.25, 0.3) is 11.8 Å². The molecule has 9 nitrogen and oxygen atoms in total.